The maximum atomic E-state index is 12.6. The standard InChI is InChI=1S/C20H24N2O4/c1-11-8-12(2)18(13(3)9-11)22-20(24)14(4)26-17-10-15(25-5)6-7-16(17)19(21)23/h6-10,14H,1-5H3,(H2,21,23)(H,22,24)/t14-/m0/s1. The number of rotatable bonds is 6. The Labute approximate surface area is 153 Å². The molecular weight excluding hydrogens is 332 g/mol. The number of methoxy groups -OCH3 is 1. The van der Waals surface area contributed by atoms with Gasteiger partial charge < -0.3 is 20.5 Å². The molecule has 0 radical (unpaired) electrons. The fourth-order valence-corrected chi connectivity index (χ4v) is 2.78. The second-order valence-electron chi connectivity index (χ2n) is 6.25. The van der Waals surface area contributed by atoms with Gasteiger partial charge in [0, 0.05) is 11.8 Å². The number of primary amides is 1. The third-order valence-electron chi connectivity index (χ3n) is 4.05. The fourth-order valence-electron chi connectivity index (χ4n) is 2.78. The van der Waals surface area contributed by atoms with Gasteiger partial charge in [-0.1, -0.05) is 17.7 Å². The van der Waals surface area contributed by atoms with Gasteiger partial charge in [0.15, 0.2) is 6.10 Å². The average molecular weight is 356 g/mol. The molecular formula is C20H24N2O4. The molecule has 2 amide bonds. The minimum atomic E-state index is -0.833. The third kappa shape index (κ3) is 4.33. The van der Waals surface area contributed by atoms with Crippen LogP contribution in [0.5, 0.6) is 11.5 Å². The number of nitrogens with one attached hydrogen (secondary N) is 1. The molecule has 0 aliphatic heterocycles. The number of hydrogen-bond donors (Lipinski definition) is 2. The molecule has 26 heavy (non-hydrogen) atoms. The maximum absolute atomic E-state index is 12.6. The van der Waals surface area contributed by atoms with Crippen molar-refractivity contribution in [1.82, 2.24) is 0 Å². The molecule has 0 aliphatic carbocycles. The van der Waals surface area contributed by atoms with Crippen LogP contribution in [0.15, 0.2) is 30.3 Å². The van der Waals surface area contributed by atoms with E-state index in [4.69, 9.17) is 15.2 Å². The topological polar surface area (TPSA) is 90.7 Å². The Morgan fingerprint density at radius 1 is 1.08 bits per heavy atom. The summed E-state index contributed by atoms with van der Waals surface area (Å²) in [6.45, 7) is 7.49. The lowest BCUT2D eigenvalue weighted by Crippen LogP contribution is -2.31. The summed E-state index contributed by atoms with van der Waals surface area (Å²) < 4.78 is 10.8. The summed E-state index contributed by atoms with van der Waals surface area (Å²) in [5.74, 6) is -0.251. The minimum Gasteiger partial charge on any atom is -0.497 e. The van der Waals surface area contributed by atoms with E-state index in [0.717, 1.165) is 22.4 Å². The van der Waals surface area contributed by atoms with Crippen LogP contribution in [0.25, 0.3) is 0 Å². The zero-order chi connectivity index (χ0) is 19.4. The Balaban J connectivity index is 2.21. The summed E-state index contributed by atoms with van der Waals surface area (Å²) in [6.07, 6.45) is -0.833. The van der Waals surface area contributed by atoms with E-state index in [1.807, 2.05) is 32.9 Å². The lowest BCUT2D eigenvalue weighted by atomic mass is 10.0. The monoisotopic (exact) mass is 356 g/mol. The molecule has 1 atom stereocenters. The molecule has 2 aromatic rings. The molecule has 3 N–H and O–H groups in total. The number of anilines is 1. The van der Waals surface area contributed by atoms with Crippen molar-refractivity contribution < 1.29 is 19.1 Å². The molecule has 0 bridgehead atoms. The number of carbonyl (C=O) groups excluding carboxylic acids is 2. The number of carbonyl (C=O) groups is 2. The molecule has 6 heteroatoms. The van der Waals surface area contributed by atoms with Crippen LogP contribution in [0.2, 0.25) is 0 Å². The predicted octanol–water partition coefficient (Wildman–Crippen LogP) is 3.13. The van der Waals surface area contributed by atoms with E-state index in [-0.39, 0.29) is 17.2 Å². The van der Waals surface area contributed by atoms with E-state index in [0.29, 0.717) is 5.75 Å². The highest BCUT2D eigenvalue weighted by Crippen LogP contribution is 2.26. The molecule has 2 aromatic carbocycles. The Hall–Kier alpha value is -3.02. The molecule has 0 unspecified atom stereocenters. The van der Waals surface area contributed by atoms with E-state index in [1.165, 1.54) is 19.2 Å². The van der Waals surface area contributed by atoms with Crippen molar-refractivity contribution in [3.8, 4) is 11.5 Å². The Morgan fingerprint density at radius 2 is 1.69 bits per heavy atom. The fraction of sp³-hybridized carbons (Fsp3) is 0.300. The van der Waals surface area contributed by atoms with Crippen molar-refractivity contribution in [2.45, 2.75) is 33.8 Å². The maximum Gasteiger partial charge on any atom is 0.265 e. The summed E-state index contributed by atoms with van der Waals surface area (Å²) >= 11 is 0. The molecule has 138 valence electrons. The number of nitrogens with two attached hydrogens (primary N) is 1. The van der Waals surface area contributed by atoms with Crippen LogP contribution < -0.4 is 20.5 Å². The SMILES string of the molecule is COc1ccc(C(N)=O)c(O[C@@H](C)C(=O)Nc2c(C)cc(C)cc2C)c1. The van der Waals surface area contributed by atoms with Gasteiger partial charge in [-0.25, -0.2) is 0 Å². The summed E-state index contributed by atoms with van der Waals surface area (Å²) in [7, 11) is 1.50. The molecule has 0 aromatic heterocycles. The smallest absolute Gasteiger partial charge is 0.265 e. The molecule has 0 heterocycles. The molecule has 0 spiro atoms. The summed E-state index contributed by atoms with van der Waals surface area (Å²) in [4.78, 5) is 24.1. The predicted molar refractivity (Wildman–Crippen MR) is 101 cm³/mol. The molecule has 0 aliphatic rings. The van der Waals surface area contributed by atoms with Gasteiger partial charge >= 0.3 is 0 Å². The van der Waals surface area contributed by atoms with Gasteiger partial charge in [0.2, 0.25) is 0 Å². The highest BCUT2D eigenvalue weighted by Gasteiger charge is 2.20. The van der Waals surface area contributed by atoms with Gasteiger partial charge in [0.05, 0.1) is 12.7 Å². The first kappa shape index (κ1) is 19.3. The quantitative estimate of drug-likeness (QED) is 0.832. The van der Waals surface area contributed by atoms with Crippen LogP contribution in [-0.2, 0) is 4.79 Å². The largest absolute Gasteiger partial charge is 0.497 e. The highest BCUT2D eigenvalue weighted by atomic mass is 16.5. The molecule has 0 saturated heterocycles. The molecule has 6 nitrogen and oxygen atoms in total. The van der Waals surface area contributed by atoms with E-state index >= 15 is 0 Å². The normalized spacial score (nSPS) is 11.6. The van der Waals surface area contributed by atoms with Crippen LogP contribution >= 0.6 is 0 Å². The highest BCUT2D eigenvalue weighted by molar-refractivity contribution is 5.97. The van der Waals surface area contributed by atoms with E-state index < -0.39 is 12.0 Å². The van der Waals surface area contributed by atoms with Crippen molar-refractivity contribution in [2.75, 3.05) is 12.4 Å². The van der Waals surface area contributed by atoms with Gasteiger partial charge in [-0.05, 0) is 51.0 Å². The van der Waals surface area contributed by atoms with Crippen LogP contribution in [0.4, 0.5) is 5.69 Å². The molecule has 0 saturated carbocycles. The van der Waals surface area contributed by atoms with Crippen LogP contribution in [0.1, 0.15) is 34.0 Å². The Bertz CT molecular complexity index is 823. The molecule has 0 fully saturated rings. The Morgan fingerprint density at radius 3 is 2.23 bits per heavy atom. The Kier molecular flexibility index (Phi) is 5.87. The first-order valence-electron chi connectivity index (χ1n) is 8.26. The number of ether oxygens (including phenoxy) is 2. The number of amides is 2. The number of hydrogen-bond acceptors (Lipinski definition) is 4. The van der Waals surface area contributed by atoms with Crippen molar-refractivity contribution in [2.24, 2.45) is 5.73 Å². The number of benzene rings is 2. The molecule has 2 rings (SSSR count). The number of aryl methyl sites for hydroxylation is 3. The first-order chi connectivity index (χ1) is 12.2. The van der Waals surface area contributed by atoms with E-state index in [1.54, 1.807) is 13.0 Å². The average Bonchev–Trinajstić information content (AvgIpc) is 2.57. The van der Waals surface area contributed by atoms with Crippen molar-refractivity contribution >= 4 is 17.5 Å². The van der Waals surface area contributed by atoms with E-state index in [2.05, 4.69) is 5.32 Å². The van der Waals surface area contributed by atoms with Gasteiger partial charge in [-0.2, -0.15) is 0 Å². The van der Waals surface area contributed by atoms with Crippen LogP contribution in [0, 0.1) is 20.8 Å². The van der Waals surface area contributed by atoms with Gasteiger partial charge in [0.1, 0.15) is 11.5 Å². The van der Waals surface area contributed by atoms with Crippen molar-refractivity contribution in [3.05, 3.63) is 52.6 Å². The first-order valence-corrected chi connectivity index (χ1v) is 8.26. The lowest BCUT2D eigenvalue weighted by Gasteiger charge is -2.19. The van der Waals surface area contributed by atoms with Crippen molar-refractivity contribution in [3.63, 3.8) is 0 Å². The zero-order valence-electron chi connectivity index (χ0n) is 15.7. The van der Waals surface area contributed by atoms with Crippen molar-refractivity contribution in [1.29, 1.82) is 0 Å². The zero-order valence-corrected chi connectivity index (χ0v) is 15.7. The summed E-state index contributed by atoms with van der Waals surface area (Å²) in [5, 5.41) is 2.89. The minimum absolute atomic E-state index is 0.188. The summed E-state index contributed by atoms with van der Waals surface area (Å²) in [5.41, 5.74) is 9.40. The van der Waals surface area contributed by atoms with E-state index in [9.17, 15) is 9.59 Å². The second kappa shape index (κ2) is 7.91. The van der Waals surface area contributed by atoms with Gasteiger partial charge in [-0.15, -0.1) is 0 Å². The second-order valence-corrected chi connectivity index (χ2v) is 6.25. The van der Waals surface area contributed by atoms with Crippen LogP contribution in [0.3, 0.4) is 0 Å². The summed E-state index contributed by atoms with van der Waals surface area (Å²) in [6, 6.07) is 8.65. The van der Waals surface area contributed by atoms with Gasteiger partial charge in [-0.3, -0.25) is 9.59 Å². The lowest BCUT2D eigenvalue weighted by molar-refractivity contribution is -0.122. The van der Waals surface area contributed by atoms with Gasteiger partial charge in [0.25, 0.3) is 11.8 Å². The third-order valence-corrected chi connectivity index (χ3v) is 4.05. The van der Waals surface area contributed by atoms with Crippen LogP contribution in [-0.4, -0.2) is 25.0 Å².